The van der Waals surface area contributed by atoms with Gasteiger partial charge in [-0.2, -0.15) is 0 Å². The second-order valence-electron chi connectivity index (χ2n) is 6.43. The minimum atomic E-state index is -1.49. The maximum Gasteiger partial charge on any atom is 0.174 e. The Hall–Kier alpha value is 0.354. The van der Waals surface area contributed by atoms with E-state index in [0.717, 1.165) is 6.42 Å². The van der Waals surface area contributed by atoms with Gasteiger partial charge in [-0.15, -0.1) is 0 Å². The molecule has 0 aromatic heterocycles. The smallest absolute Gasteiger partial charge is 0.174 e. The first-order valence-corrected chi connectivity index (χ1v) is 13.8. The molecule has 2 nitrogen and oxygen atoms in total. The van der Waals surface area contributed by atoms with Crippen LogP contribution in [0.1, 0.15) is 26.7 Å². The average molecular weight is 260 g/mol. The fraction of sp³-hybridized carbons (Fsp3) is 1.00. The number of hydrogen-bond acceptors (Lipinski definition) is 2. The van der Waals surface area contributed by atoms with Crippen LogP contribution in [0.15, 0.2) is 0 Å². The van der Waals surface area contributed by atoms with E-state index in [4.69, 9.17) is 10.2 Å². The molecule has 0 aliphatic carbocycles. The van der Waals surface area contributed by atoms with Gasteiger partial charge in [0.25, 0.3) is 0 Å². The highest BCUT2D eigenvalue weighted by molar-refractivity contribution is 7.38. The molecule has 0 spiro atoms. The molecule has 0 saturated carbocycles. The van der Waals surface area contributed by atoms with E-state index >= 15 is 0 Å². The summed E-state index contributed by atoms with van der Waals surface area (Å²) in [6.45, 7) is 15.1. The summed E-state index contributed by atoms with van der Waals surface area (Å²) in [5, 5.41) is 0. The Morgan fingerprint density at radius 3 is 2.19 bits per heavy atom. The van der Waals surface area contributed by atoms with Crippen molar-refractivity contribution in [2.24, 2.45) is 11.7 Å². The van der Waals surface area contributed by atoms with Gasteiger partial charge in [0.15, 0.2) is 7.83 Å². The number of rotatable bonds is 3. The molecule has 1 aliphatic rings. The number of nitrogens with two attached hydrogens (primary N) is 1. The Balaban J connectivity index is 3.05. The third-order valence-electron chi connectivity index (χ3n) is 5.03. The Bertz CT molecular complexity index is 249. The molecule has 0 amide bonds. The highest BCUT2D eigenvalue weighted by Gasteiger charge is 2.55. The zero-order valence-corrected chi connectivity index (χ0v) is 13.9. The van der Waals surface area contributed by atoms with Crippen molar-refractivity contribution in [3.63, 3.8) is 0 Å². The fourth-order valence-corrected chi connectivity index (χ4v) is 10.7. The summed E-state index contributed by atoms with van der Waals surface area (Å²) < 4.78 is 6.65. The molecule has 1 aliphatic heterocycles. The van der Waals surface area contributed by atoms with Crippen molar-refractivity contribution in [3.8, 4) is 0 Å². The summed E-state index contributed by atoms with van der Waals surface area (Å²) in [7, 11) is -2.66. The van der Waals surface area contributed by atoms with Crippen LogP contribution in [-0.4, -0.2) is 27.6 Å². The minimum absolute atomic E-state index is 0.00695. The van der Waals surface area contributed by atoms with Gasteiger partial charge in [-0.25, -0.2) is 0 Å². The SMILES string of the molecule is CCC1C[Si](C)(C)[Si](C)(C)OC1(CC)CN. The first kappa shape index (κ1) is 14.4. The molecule has 0 aromatic rings. The summed E-state index contributed by atoms with van der Waals surface area (Å²) >= 11 is 0. The Morgan fingerprint density at radius 1 is 1.25 bits per heavy atom. The molecule has 2 unspecified atom stereocenters. The average Bonchev–Trinajstić information content (AvgIpc) is 2.21. The van der Waals surface area contributed by atoms with Crippen LogP contribution < -0.4 is 5.73 Å². The van der Waals surface area contributed by atoms with E-state index in [1.54, 1.807) is 0 Å². The summed E-state index contributed by atoms with van der Waals surface area (Å²) in [5.41, 5.74) is 6.03. The first-order valence-electron chi connectivity index (χ1n) is 6.65. The van der Waals surface area contributed by atoms with E-state index in [1.807, 2.05) is 0 Å². The molecule has 1 heterocycles. The van der Waals surface area contributed by atoms with E-state index in [2.05, 4.69) is 40.0 Å². The van der Waals surface area contributed by atoms with E-state index < -0.39 is 15.4 Å². The molecular weight excluding hydrogens is 230 g/mol. The highest BCUT2D eigenvalue weighted by atomic mass is 29.3. The predicted molar refractivity (Wildman–Crippen MR) is 76.7 cm³/mol. The third kappa shape index (κ3) is 2.17. The van der Waals surface area contributed by atoms with Gasteiger partial charge in [0.2, 0.25) is 0 Å². The van der Waals surface area contributed by atoms with Gasteiger partial charge in [-0.3, -0.25) is 0 Å². The Kier molecular flexibility index (Phi) is 4.10. The van der Waals surface area contributed by atoms with Gasteiger partial charge in [-0.05, 0) is 25.4 Å². The minimum Gasteiger partial charge on any atom is -0.413 e. The quantitative estimate of drug-likeness (QED) is 0.790. The monoisotopic (exact) mass is 259 g/mol. The maximum atomic E-state index is 6.65. The van der Waals surface area contributed by atoms with Crippen molar-refractivity contribution in [1.82, 2.24) is 0 Å². The molecule has 1 saturated heterocycles. The molecule has 2 atom stereocenters. The third-order valence-corrected chi connectivity index (χ3v) is 21.4. The molecule has 0 bridgehead atoms. The predicted octanol–water partition coefficient (Wildman–Crippen LogP) is 3.14. The van der Waals surface area contributed by atoms with Crippen molar-refractivity contribution in [2.45, 2.75) is 64.5 Å². The van der Waals surface area contributed by atoms with Crippen LogP contribution in [0.3, 0.4) is 0 Å². The molecule has 0 radical (unpaired) electrons. The Labute approximate surface area is 103 Å². The fourth-order valence-electron chi connectivity index (χ4n) is 3.01. The summed E-state index contributed by atoms with van der Waals surface area (Å²) in [6.07, 6.45) is 2.29. The first-order chi connectivity index (χ1) is 7.24. The lowest BCUT2D eigenvalue weighted by atomic mass is 9.84. The molecule has 16 heavy (non-hydrogen) atoms. The van der Waals surface area contributed by atoms with Crippen LogP contribution in [0, 0.1) is 5.92 Å². The standard InChI is InChI=1S/C12H29NOSi2/c1-7-11-9-15(3,4)16(5,6)14-12(11,8-2)10-13/h11H,7-10,13H2,1-6H3. The molecule has 1 rings (SSSR count). The van der Waals surface area contributed by atoms with Crippen LogP contribution in [0.5, 0.6) is 0 Å². The van der Waals surface area contributed by atoms with Crippen molar-refractivity contribution in [2.75, 3.05) is 6.54 Å². The van der Waals surface area contributed by atoms with Gasteiger partial charge in [0.1, 0.15) is 0 Å². The topological polar surface area (TPSA) is 35.2 Å². The van der Waals surface area contributed by atoms with Crippen LogP contribution in [0.2, 0.25) is 32.2 Å². The van der Waals surface area contributed by atoms with Crippen LogP contribution in [0.4, 0.5) is 0 Å². The van der Waals surface area contributed by atoms with Gasteiger partial charge in [-0.1, -0.05) is 39.4 Å². The molecule has 0 aromatic carbocycles. The van der Waals surface area contributed by atoms with E-state index in [1.165, 1.54) is 12.5 Å². The lowest BCUT2D eigenvalue weighted by molar-refractivity contribution is 0.00528. The molecule has 96 valence electrons. The van der Waals surface area contributed by atoms with E-state index in [9.17, 15) is 0 Å². The van der Waals surface area contributed by atoms with Gasteiger partial charge in [0.05, 0.1) is 13.2 Å². The lowest BCUT2D eigenvalue weighted by Gasteiger charge is -2.56. The van der Waals surface area contributed by atoms with Gasteiger partial charge < -0.3 is 10.2 Å². The zero-order chi connectivity index (χ0) is 12.6. The lowest BCUT2D eigenvalue weighted by Crippen LogP contribution is -2.69. The zero-order valence-electron chi connectivity index (χ0n) is 11.9. The van der Waals surface area contributed by atoms with Crippen LogP contribution >= 0.6 is 0 Å². The molecule has 1 fully saturated rings. The largest absolute Gasteiger partial charge is 0.413 e. The van der Waals surface area contributed by atoms with Gasteiger partial charge in [0, 0.05) is 6.54 Å². The normalized spacial score (nSPS) is 37.3. The number of hydrogen-bond donors (Lipinski definition) is 1. The van der Waals surface area contributed by atoms with Crippen molar-refractivity contribution in [3.05, 3.63) is 0 Å². The maximum absolute atomic E-state index is 6.65. The van der Waals surface area contributed by atoms with Crippen molar-refractivity contribution in [1.29, 1.82) is 0 Å². The van der Waals surface area contributed by atoms with Crippen LogP contribution in [0.25, 0.3) is 0 Å². The van der Waals surface area contributed by atoms with Crippen molar-refractivity contribution < 1.29 is 4.43 Å². The van der Waals surface area contributed by atoms with Crippen molar-refractivity contribution >= 4 is 15.4 Å². The molecule has 2 N–H and O–H groups in total. The molecular formula is C12H29NOSi2. The van der Waals surface area contributed by atoms with E-state index in [0.29, 0.717) is 12.5 Å². The van der Waals surface area contributed by atoms with E-state index in [-0.39, 0.29) is 5.60 Å². The summed E-state index contributed by atoms with van der Waals surface area (Å²) in [4.78, 5) is 0. The molecule has 4 heteroatoms. The second kappa shape index (κ2) is 4.55. The van der Waals surface area contributed by atoms with Crippen LogP contribution in [-0.2, 0) is 4.43 Å². The van der Waals surface area contributed by atoms with Gasteiger partial charge >= 0.3 is 0 Å². The highest BCUT2D eigenvalue weighted by Crippen LogP contribution is 2.45. The Morgan fingerprint density at radius 2 is 1.81 bits per heavy atom. The summed E-state index contributed by atoms with van der Waals surface area (Å²) in [5.74, 6) is 0.685. The second-order valence-corrected chi connectivity index (χ2v) is 21.5. The summed E-state index contributed by atoms with van der Waals surface area (Å²) in [6, 6.07) is 1.41.